The van der Waals surface area contributed by atoms with Crippen LogP contribution in [0.5, 0.6) is 0 Å². The lowest BCUT2D eigenvalue weighted by Gasteiger charge is -2.19. The van der Waals surface area contributed by atoms with Gasteiger partial charge in [-0.05, 0) is 24.8 Å². The van der Waals surface area contributed by atoms with Crippen molar-refractivity contribution in [3.05, 3.63) is 21.3 Å². The average Bonchev–Trinajstić information content (AvgIpc) is 2.65. The molecule has 0 bridgehead atoms. The quantitative estimate of drug-likeness (QED) is 0.747. The number of carbonyl (C=O) groups is 1. The van der Waals surface area contributed by atoms with Crippen molar-refractivity contribution >= 4 is 40.4 Å². The monoisotopic (exact) mass is 265 g/mol. The predicted octanol–water partition coefficient (Wildman–Crippen LogP) is 3.49. The molecule has 84 valence electrons. The Balaban J connectivity index is 2.69. The highest BCUT2D eigenvalue weighted by Crippen LogP contribution is 2.23. The summed E-state index contributed by atoms with van der Waals surface area (Å²) in [6, 6.07) is 1.74. The fourth-order valence-corrected chi connectivity index (χ4v) is 2.47. The number of nitrogens with zero attached hydrogens (tertiary/aromatic N) is 1. The van der Waals surface area contributed by atoms with Crippen molar-refractivity contribution in [2.75, 3.05) is 19.0 Å². The molecule has 0 N–H and O–H groups in total. The minimum Gasteiger partial charge on any atom is -0.338 e. The second kappa shape index (κ2) is 6.36. The molecule has 0 radical (unpaired) electrons. The molecule has 1 rings (SSSR count). The van der Waals surface area contributed by atoms with Gasteiger partial charge in [0.2, 0.25) is 0 Å². The van der Waals surface area contributed by atoms with Gasteiger partial charge in [0.15, 0.2) is 0 Å². The molecule has 0 aliphatic rings. The third-order valence-electron chi connectivity index (χ3n) is 2.04. The van der Waals surface area contributed by atoms with Gasteiger partial charge in [-0.2, -0.15) is 0 Å². The molecule has 1 heterocycles. The van der Waals surface area contributed by atoms with E-state index >= 15 is 0 Å². The summed E-state index contributed by atoms with van der Waals surface area (Å²) in [5.74, 6) is 0.574. The van der Waals surface area contributed by atoms with Gasteiger partial charge in [-0.25, -0.2) is 0 Å². The van der Waals surface area contributed by atoms with Gasteiger partial charge in [0.05, 0.1) is 5.02 Å². The Kier molecular flexibility index (Phi) is 5.43. The molecule has 0 aliphatic heterocycles. The van der Waals surface area contributed by atoms with Crippen molar-refractivity contribution < 1.29 is 4.79 Å². The molecule has 0 aromatic carbocycles. The van der Waals surface area contributed by atoms with Crippen molar-refractivity contribution in [1.29, 1.82) is 0 Å². The second-order valence-electron chi connectivity index (χ2n) is 3.03. The third kappa shape index (κ3) is 3.37. The average molecular weight is 266 g/mol. The minimum absolute atomic E-state index is 0.00242. The van der Waals surface area contributed by atoms with Gasteiger partial charge in [0.1, 0.15) is 4.88 Å². The maximum atomic E-state index is 12.0. The Hall–Kier alpha value is -0.250. The molecule has 0 aliphatic carbocycles. The molecule has 1 aromatic heterocycles. The molecule has 0 spiro atoms. The van der Waals surface area contributed by atoms with Gasteiger partial charge in [-0.3, -0.25) is 4.79 Å². The molecule has 0 unspecified atom stereocenters. The number of alkyl halides is 1. The Labute approximate surface area is 104 Å². The van der Waals surface area contributed by atoms with E-state index in [1.807, 2.05) is 12.3 Å². The summed E-state index contributed by atoms with van der Waals surface area (Å²) in [6.07, 6.45) is 0.810. The summed E-state index contributed by atoms with van der Waals surface area (Å²) in [5, 5.41) is 2.36. The summed E-state index contributed by atoms with van der Waals surface area (Å²) in [5.41, 5.74) is 0. The molecule has 1 aromatic rings. The lowest BCUT2D eigenvalue weighted by Crippen LogP contribution is -2.31. The molecule has 0 fully saturated rings. The predicted molar refractivity (Wildman–Crippen MR) is 66.2 cm³/mol. The summed E-state index contributed by atoms with van der Waals surface area (Å²) in [4.78, 5) is 14.4. The van der Waals surface area contributed by atoms with Gasteiger partial charge < -0.3 is 4.90 Å². The van der Waals surface area contributed by atoms with Crippen LogP contribution in [0.25, 0.3) is 0 Å². The van der Waals surface area contributed by atoms with Crippen LogP contribution in [0.15, 0.2) is 11.4 Å². The number of halogens is 2. The van der Waals surface area contributed by atoms with Crippen molar-refractivity contribution in [2.45, 2.75) is 13.3 Å². The van der Waals surface area contributed by atoms with E-state index in [1.165, 1.54) is 11.3 Å². The molecule has 2 nitrogen and oxygen atoms in total. The number of rotatable bonds is 5. The Morgan fingerprint density at radius 2 is 2.33 bits per heavy atom. The molecular weight excluding hydrogens is 253 g/mol. The van der Waals surface area contributed by atoms with Crippen molar-refractivity contribution in [3.8, 4) is 0 Å². The molecular formula is C10H13Cl2NOS. The molecule has 5 heteroatoms. The maximum Gasteiger partial charge on any atom is 0.265 e. The van der Waals surface area contributed by atoms with Gasteiger partial charge in [0.25, 0.3) is 5.91 Å². The molecule has 0 saturated carbocycles. The first kappa shape index (κ1) is 12.8. The van der Waals surface area contributed by atoms with Gasteiger partial charge >= 0.3 is 0 Å². The number of amides is 1. The SMILES string of the molecule is CCN(CCCCl)C(=O)c1sccc1Cl. The third-order valence-corrected chi connectivity index (χ3v) is 3.64. The summed E-state index contributed by atoms with van der Waals surface area (Å²) in [6.45, 7) is 3.32. The van der Waals surface area contributed by atoms with E-state index in [9.17, 15) is 4.79 Å². The first-order valence-corrected chi connectivity index (χ1v) is 6.58. The van der Waals surface area contributed by atoms with E-state index in [1.54, 1.807) is 11.0 Å². The first-order chi connectivity index (χ1) is 7.20. The van der Waals surface area contributed by atoms with E-state index in [0.717, 1.165) is 6.42 Å². The normalized spacial score (nSPS) is 10.3. The molecule has 15 heavy (non-hydrogen) atoms. The van der Waals surface area contributed by atoms with E-state index < -0.39 is 0 Å². The minimum atomic E-state index is 0.00242. The first-order valence-electron chi connectivity index (χ1n) is 4.79. The van der Waals surface area contributed by atoms with Crippen LogP contribution in [-0.2, 0) is 0 Å². The lowest BCUT2D eigenvalue weighted by molar-refractivity contribution is 0.0770. The fourth-order valence-electron chi connectivity index (χ4n) is 1.24. The van der Waals surface area contributed by atoms with Crippen LogP contribution >= 0.6 is 34.5 Å². The topological polar surface area (TPSA) is 20.3 Å². The number of thiophene rings is 1. The van der Waals surface area contributed by atoms with Crippen LogP contribution in [0.2, 0.25) is 5.02 Å². The summed E-state index contributed by atoms with van der Waals surface area (Å²) in [7, 11) is 0. The van der Waals surface area contributed by atoms with E-state index in [4.69, 9.17) is 23.2 Å². The van der Waals surface area contributed by atoms with E-state index in [-0.39, 0.29) is 5.91 Å². The summed E-state index contributed by atoms with van der Waals surface area (Å²) < 4.78 is 0. The number of hydrogen-bond donors (Lipinski definition) is 0. The van der Waals surface area contributed by atoms with E-state index in [0.29, 0.717) is 28.9 Å². The smallest absolute Gasteiger partial charge is 0.265 e. The van der Waals surface area contributed by atoms with Crippen LogP contribution in [0, 0.1) is 0 Å². The zero-order valence-corrected chi connectivity index (χ0v) is 10.8. The largest absolute Gasteiger partial charge is 0.338 e. The summed E-state index contributed by atoms with van der Waals surface area (Å²) >= 11 is 12.9. The molecule has 0 saturated heterocycles. The maximum absolute atomic E-state index is 12.0. The Morgan fingerprint density at radius 3 is 2.80 bits per heavy atom. The number of hydrogen-bond acceptors (Lipinski definition) is 2. The van der Waals surface area contributed by atoms with Crippen LogP contribution in [0.3, 0.4) is 0 Å². The zero-order chi connectivity index (χ0) is 11.3. The highest BCUT2D eigenvalue weighted by Gasteiger charge is 2.17. The fraction of sp³-hybridized carbons (Fsp3) is 0.500. The standard InChI is InChI=1S/C10H13Cl2NOS/c1-2-13(6-3-5-11)10(14)9-8(12)4-7-15-9/h4,7H,2-3,5-6H2,1H3. The Bertz CT molecular complexity index is 327. The lowest BCUT2D eigenvalue weighted by atomic mass is 10.3. The highest BCUT2D eigenvalue weighted by atomic mass is 35.5. The van der Waals surface area contributed by atoms with Gasteiger partial charge in [-0.15, -0.1) is 22.9 Å². The Morgan fingerprint density at radius 1 is 1.60 bits per heavy atom. The van der Waals surface area contributed by atoms with Gasteiger partial charge in [-0.1, -0.05) is 11.6 Å². The number of carbonyl (C=O) groups excluding carboxylic acids is 1. The molecule has 0 atom stereocenters. The second-order valence-corrected chi connectivity index (χ2v) is 4.73. The van der Waals surface area contributed by atoms with E-state index in [2.05, 4.69) is 0 Å². The van der Waals surface area contributed by atoms with Gasteiger partial charge in [0, 0.05) is 19.0 Å². The highest BCUT2D eigenvalue weighted by molar-refractivity contribution is 7.12. The molecule has 1 amide bonds. The van der Waals surface area contributed by atoms with Crippen molar-refractivity contribution in [2.24, 2.45) is 0 Å². The van der Waals surface area contributed by atoms with Crippen LogP contribution in [-0.4, -0.2) is 29.8 Å². The van der Waals surface area contributed by atoms with Crippen LogP contribution < -0.4 is 0 Å². The van der Waals surface area contributed by atoms with Crippen LogP contribution in [0.1, 0.15) is 23.0 Å². The zero-order valence-electron chi connectivity index (χ0n) is 8.50. The van der Waals surface area contributed by atoms with Crippen LogP contribution in [0.4, 0.5) is 0 Å². The van der Waals surface area contributed by atoms with Crippen molar-refractivity contribution in [3.63, 3.8) is 0 Å². The van der Waals surface area contributed by atoms with Crippen molar-refractivity contribution in [1.82, 2.24) is 4.90 Å².